The number of hydrogen-bond donors (Lipinski definition) is 1. The van der Waals surface area contributed by atoms with Gasteiger partial charge in [-0.1, -0.05) is 88.7 Å². The molecule has 1 saturated heterocycles. The summed E-state index contributed by atoms with van der Waals surface area (Å²) in [4.78, 5) is 25.3. The first kappa shape index (κ1) is 26.8. The van der Waals surface area contributed by atoms with Gasteiger partial charge in [-0.15, -0.1) is 0 Å². The Morgan fingerprint density at radius 1 is 0.970 bits per heavy atom. The van der Waals surface area contributed by atoms with Gasteiger partial charge in [0.05, 0.1) is 6.54 Å². The maximum atomic E-state index is 12.4. The molecule has 0 bridgehead atoms. The van der Waals surface area contributed by atoms with Crippen molar-refractivity contribution in [2.75, 3.05) is 6.54 Å². The van der Waals surface area contributed by atoms with E-state index in [-0.39, 0.29) is 18.5 Å². The first-order chi connectivity index (χ1) is 15.5. The van der Waals surface area contributed by atoms with Gasteiger partial charge >= 0.3 is 0 Å². The highest BCUT2D eigenvalue weighted by molar-refractivity contribution is 6.08. The highest BCUT2D eigenvalue weighted by Gasteiger charge is 2.25. The van der Waals surface area contributed by atoms with Gasteiger partial charge in [0.15, 0.2) is 5.78 Å². The Kier molecular flexibility index (Phi) is 9.85. The van der Waals surface area contributed by atoms with Gasteiger partial charge < -0.3 is 5.73 Å². The van der Waals surface area contributed by atoms with Gasteiger partial charge in [-0.3, -0.25) is 14.5 Å². The number of nitrogens with two attached hydrogens (primary N) is 1. The summed E-state index contributed by atoms with van der Waals surface area (Å²) in [5, 5.41) is 0. The minimum Gasteiger partial charge on any atom is -0.369 e. The van der Waals surface area contributed by atoms with Crippen molar-refractivity contribution >= 4 is 11.7 Å². The van der Waals surface area contributed by atoms with Crippen LogP contribution in [0.1, 0.15) is 90.1 Å². The molecule has 33 heavy (non-hydrogen) atoms. The molecule has 0 spiro atoms. The molecule has 2 aromatic carbocycles. The van der Waals surface area contributed by atoms with Gasteiger partial charge in [0, 0.05) is 24.6 Å². The number of benzene rings is 2. The number of piperidine rings is 1. The van der Waals surface area contributed by atoms with Gasteiger partial charge in [-0.05, 0) is 50.0 Å². The molecule has 3 rings (SSSR count). The molecule has 2 unspecified atom stereocenters. The zero-order valence-electron chi connectivity index (χ0n) is 21.3. The Hall–Kier alpha value is -2.46. The smallest absolute Gasteiger partial charge is 0.231 e. The predicted octanol–water partition coefficient (Wildman–Crippen LogP) is 6.22. The lowest BCUT2D eigenvalue weighted by atomic mass is 9.77. The van der Waals surface area contributed by atoms with Gasteiger partial charge in [0.2, 0.25) is 5.91 Å². The van der Waals surface area contributed by atoms with E-state index in [1.165, 1.54) is 24.8 Å². The Bertz CT molecular complexity index is 884. The van der Waals surface area contributed by atoms with Crippen LogP contribution in [0.4, 0.5) is 0 Å². The van der Waals surface area contributed by atoms with E-state index >= 15 is 0 Å². The molecule has 4 heteroatoms. The molecule has 2 atom stereocenters. The number of primary amides is 1. The summed E-state index contributed by atoms with van der Waals surface area (Å²) >= 11 is 0. The molecule has 1 aliphatic rings. The fourth-order valence-electron chi connectivity index (χ4n) is 4.93. The van der Waals surface area contributed by atoms with E-state index in [1.54, 1.807) is 0 Å². The van der Waals surface area contributed by atoms with Crippen LogP contribution in [0, 0.1) is 5.92 Å². The molecule has 4 nitrogen and oxygen atoms in total. The van der Waals surface area contributed by atoms with Crippen LogP contribution in [-0.4, -0.2) is 35.2 Å². The average molecular weight is 453 g/mol. The SMILES string of the molecule is CC(C)CC(C)(C)c1ccc(C(=O)c2ccccc2)cc1.CC1CCCC(C)N1CC(N)=O.[HH]. The monoisotopic (exact) mass is 452 g/mol. The number of ketones is 1. The van der Waals surface area contributed by atoms with E-state index in [0.717, 1.165) is 17.5 Å². The Balaban J connectivity index is 0.000000380. The standard InChI is InChI=1S/C20H24O.C9H18N2O.H2/c1-15(2)14-20(3,4)18-12-10-17(11-13-18)19(21)16-8-6-5-7-9-16;1-7-4-3-5-8(2)11(7)6-9(10)12;/h5-13,15H,14H2,1-4H3;7-8H,3-6H2,1-2H3,(H2,10,12);1H. The first-order valence-electron chi connectivity index (χ1n) is 12.3. The molecular weight excluding hydrogens is 408 g/mol. The van der Waals surface area contributed by atoms with E-state index in [4.69, 9.17) is 5.73 Å². The zero-order valence-corrected chi connectivity index (χ0v) is 21.3. The van der Waals surface area contributed by atoms with Crippen molar-refractivity contribution in [1.82, 2.24) is 4.90 Å². The quantitative estimate of drug-likeness (QED) is 0.507. The Morgan fingerprint density at radius 2 is 1.48 bits per heavy atom. The Morgan fingerprint density at radius 3 is 1.97 bits per heavy atom. The summed E-state index contributed by atoms with van der Waals surface area (Å²) in [6.45, 7) is 13.8. The summed E-state index contributed by atoms with van der Waals surface area (Å²) in [5.41, 5.74) is 8.10. The van der Waals surface area contributed by atoms with Crippen LogP contribution >= 0.6 is 0 Å². The lowest BCUT2D eigenvalue weighted by molar-refractivity contribution is -0.120. The lowest BCUT2D eigenvalue weighted by Gasteiger charge is -2.37. The molecule has 0 aromatic heterocycles. The predicted molar refractivity (Wildman–Crippen MR) is 140 cm³/mol. The largest absolute Gasteiger partial charge is 0.369 e. The molecule has 0 saturated carbocycles. The minimum absolute atomic E-state index is 0. The van der Waals surface area contributed by atoms with Gasteiger partial charge in [0.1, 0.15) is 0 Å². The highest BCUT2D eigenvalue weighted by Crippen LogP contribution is 2.30. The van der Waals surface area contributed by atoms with Crippen molar-refractivity contribution in [2.45, 2.75) is 84.7 Å². The van der Waals surface area contributed by atoms with Crippen molar-refractivity contribution < 1.29 is 11.0 Å². The number of carbonyl (C=O) groups excluding carboxylic acids is 2. The molecule has 182 valence electrons. The number of nitrogens with zero attached hydrogens (tertiary/aromatic N) is 1. The summed E-state index contributed by atoms with van der Waals surface area (Å²) < 4.78 is 0. The number of carbonyl (C=O) groups is 2. The number of amides is 1. The third-order valence-electron chi connectivity index (χ3n) is 6.60. The van der Waals surface area contributed by atoms with Crippen LogP contribution in [0.5, 0.6) is 0 Å². The van der Waals surface area contributed by atoms with Crippen molar-refractivity contribution in [1.29, 1.82) is 0 Å². The third-order valence-corrected chi connectivity index (χ3v) is 6.60. The number of rotatable bonds is 7. The average Bonchev–Trinajstić information content (AvgIpc) is 2.76. The summed E-state index contributed by atoms with van der Waals surface area (Å²) in [6, 6.07) is 18.6. The number of hydrogen-bond acceptors (Lipinski definition) is 3. The minimum atomic E-state index is -0.212. The molecular formula is C29H44N2O2. The fourth-order valence-corrected chi connectivity index (χ4v) is 4.93. The summed E-state index contributed by atoms with van der Waals surface area (Å²) in [7, 11) is 0. The lowest BCUT2D eigenvalue weighted by Crippen LogP contribution is -2.47. The molecule has 1 heterocycles. The van der Waals surface area contributed by atoms with Crippen LogP contribution in [0.2, 0.25) is 0 Å². The van der Waals surface area contributed by atoms with Crippen LogP contribution in [0.25, 0.3) is 0 Å². The fraction of sp³-hybridized carbons (Fsp3) is 0.517. The maximum absolute atomic E-state index is 12.4. The normalized spacial score (nSPS) is 19.0. The van der Waals surface area contributed by atoms with Gasteiger partial charge in [-0.2, -0.15) is 0 Å². The highest BCUT2D eigenvalue weighted by atomic mass is 16.1. The van der Waals surface area contributed by atoms with Gasteiger partial charge in [-0.25, -0.2) is 0 Å². The molecule has 0 radical (unpaired) electrons. The topological polar surface area (TPSA) is 63.4 Å². The van der Waals surface area contributed by atoms with Crippen molar-refractivity contribution in [3.05, 3.63) is 71.3 Å². The first-order valence-corrected chi connectivity index (χ1v) is 12.3. The molecule has 1 fully saturated rings. The molecule has 1 aliphatic heterocycles. The molecule has 2 N–H and O–H groups in total. The van der Waals surface area contributed by atoms with E-state index in [2.05, 4.69) is 58.6 Å². The molecule has 1 amide bonds. The number of likely N-dealkylation sites (tertiary alicyclic amines) is 1. The van der Waals surface area contributed by atoms with E-state index < -0.39 is 0 Å². The van der Waals surface area contributed by atoms with Gasteiger partial charge in [0.25, 0.3) is 0 Å². The van der Waals surface area contributed by atoms with E-state index in [0.29, 0.717) is 24.5 Å². The second kappa shape index (κ2) is 12.1. The van der Waals surface area contributed by atoms with Crippen LogP contribution in [-0.2, 0) is 10.2 Å². The van der Waals surface area contributed by atoms with Crippen LogP contribution < -0.4 is 5.73 Å². The van der Waals surface area contributed by atoms with E-state index in [1.807, 2.05) is 42.5 Å². The Labute approximate surface area is 202 Å². The van der Waals surface area contributed by atoms with E-state index in [9.17, 15) is 9.59 Å². The molecule has 0 aliphatic carbocycles. The molecule has 2 aromatic rings. The maximum Gasteiger partial charge on any atom is 0.231 e. The second-order valence-electron chi connectivity index (χ2n) is 10.5. The second-order valence-corrected chi connectivity index (χ2v) is 10.5. The van der Waals surface area contributed by atoms with Crippen LogP contribution in [0.3, 0.4) is 0 Å². The third kappa shape index (κ3) is 8.12. The zero-order chi connectivity index (χ0) is 24.6. The van der Waals surface area contributed by atoms with Crippen molar-refractivity contribution in [3.63, 3.8) is 0 Å². The summed E-state index contributed by atoms with van der Waals surface area (Å²) in [6.07, 6.45) is 4.80. The van der Waals surface area contributed by atoms with Crippen LogP contribution in [0.15, 0.2) is 54.6 Å². The summed E-state index contributed by atoms with van der Waals surface area (Å²) in [5.74, 6) is 0.532. The van der Waals surface area contributed by atoms with Crippen molar-refractivity contribution in [3.8, 4) is 0 Å². The van der Waals surface area contributed by atoms with Crippen molar-refractivity contribution in [2.24, 2.45) is 11.7 Å².